The lowest BCUT2D eigenvalue weighted by Crippen LogP contribution is -2.49. The lowest BCUT2D eigenvalue weighted by atomic mass is 9.94. The van der Waals surface area contributed by atoms with Gasteiger partial charge in [0.05, 0.1) is 0 Å². The molecular formula is C11H19N5O3S2. The quantitative estimate of drug-likeness (QED) is 0.762. The van der Waals surface area contributed by atoms with Crippen LogP contribution in [0.25, 0.3) is 0 Å². The molecule has 0 aliphatic carbocycles. The largest absolute Gasteiger partial charge is 0.329 e. The molecule has 0 bridgehead atoms. The molecule has 1 aliphatic rings. The van der Waals surface area contributed by atoms with Gasteiger partial charge < -0.3 is 11.1 Å². The van der Waals surface area contributed by atoms with Crippen molar-refractivity contribution in [2.75, 3.05) is 18.4 Å². The predicted molar refractivity (Wildman–Crippen MR) is 79.3 cm³/mol. The smallest absolute Gasteiger partial charge is 0.272 e. The van der Waals surface area contributed by atoms with Gasteiger partial charge in [0.2, 0.25) is 15.4 Å². The number of hydrogen-bond donors (Lipinski definition) is 2. The van der Waals surface area contributed by atoms with Gasteiger partial charge in [-0.15, -0.1) is 10.2 Å². The second kappa shape index (κ2) is 6.34. The van der Waals surface area contributed by atoms with E-state index in [4.69, 9.17) is 5.73 Å². The van der Waals surface area contributed by atoms with E-state index in [1.807, 2.05) is 0 Å². The summed E-state index contributed by atoms with van der Waals surface area (Å²) >= 11 is 0.851. The lowest BCUT2D eigenvalue weighted by Gasteiger charge is -2.36. The third-order valence-corrected chi connectivity index (χ3v) is 6.55. The summed E-state index contributed by atoms with van der Waals surface area (Å²) in [4.78, 5) is 11.0. The Labute approximate surface area is 127 Å². The molecule has 2 heterocycles. The number of piperidine rings is 1. The Morgan fingerprint density at radius 1 is 1.52 bits per heavy atom. The van der Waals surface area contributed by atoms with E-state index < -0.39 is 10.0 Å². The van der Waals surface area contributed by atoms with Gasteiger partial charge in [-0.1, -0.05) is 18.3 Å². The van der Waals surface area contributed by atoms with Crippen molar-refractivity contribution < 1.29 is 13.2 Å². The highest BCUT2D eigenvalue weighted by atomic mass is 32.2. The van der Waals surface area contributed by atoms with Gasteiger partial charge in [-0.3, -0.25) is 4.79 Å². The summed E-state index contributed by atoms with van der Waals surface area (Å²) in [5.74, 6) is 0.135. The van der Waals surface area contributed by atoms with Crippen molar-refractivity contribution in [2.45, 2.75) is 37.1 Å². The maximum Gasteiger partial charge on any atom is 0.272 e. The summed E-state index contributed by atoms with van der Waals surface area (Å²) in [6, 6.07) is -0.216. The monoisotopic (exact) mass is 333 g/mol. The summed E-state index contributed by atoms with van der Waals surface area (Å²) in [5, 5.41) is 9.98. The average Bonchev–Trinajstić information content (AvgIpc) is 2.86. The molecule has 1 fully saturated rings. The zero-order valence-electron chi connectivity index (χ0n) is 11.9. The fourth-order valence-corrected chi connectivity index (χ4v) is 5.10. The molecule has 2 atom stereocenters. The van der Waals surface area contributed by atoms with Gasteiger partial charge in [0.1, 0.15) is 0 Å². The number of nitrogens with one attached hydrogen (secondary N) is 1. The Morgan fingerprint density at radius 3 is 2.86 bits per heavy atom. The highest BCUT2D eigenvalue weighted by molar-refractivity contribution is 7.91. The van der Waals surface area contributed by atoms with Gasteiger partial charge in [0, 0.05) is 26.1 Å². The standard InChI is InChI=1S/C11H19N5O3S2/c1-7-3-4-16(9(5-7)6-12)21(18,19)11-15-14-10(20-11)13-8(2)17/h7,9H,3-6,12H2,1-2H3,(H,13,14,17). The van der Waals surface area contributed by atoms with E-state index in [0.29, 0.717) is 12.5 Å². The molecule has 3 N–H and O–H groups in total. The van der Waals surface area contributed by atoms with Crippen LogP contribution in [0.3, 0.4) is 0 Å². The fourth-order valence-electron chi connectivity index (χ4n) is 2.38. The molecule has 21 heavy (non-hydrogen) atoms. The zero-order valence-corrected chi connectivity index (χ0v) is 13.6. The second-order valence-corrected chi connectivity index (χ2v) is 8.23. The maximum absolute atomic E-state index is 12.6. The summed E-state index contributed by atoms with van der Waals surface area (Å²) in [7, 11) is -3.71. The van der Waals surface area contributed by atoms with Crippen LogP contribution in [-0.2, 0) is 14.8 Å². The summed E-state index contributed by atoms with van der Waals surface area (Å²) in [5.41, 5.74) is 5.71. The summed E-state index contributed by atoms with van der Waals surface area (Å²) < 4.78 is 26.6. The molecule has 0 saturated carbocycles. The minimum atomic E-state index is -3.71. The van der Waals surface area contributed by atoms with Gasteiger partial charge >= 0.3 is 0 Å². The van der Waals surface area contributed by atoms with Crippen LogP contribution in [-0.4, -0.2) is 48.0 Å². The predicted octanol–water partition coefficient (Wildman–Crippen LogP) is 0.244. The first kappa shape index (κ1) is 16.3. The molecule has 8 nitrogen and oxygen atoms in total. The van der Waals surface area contributed by atoms with E-state index >= 15 is 0 Å². The van der Waals surface area contributed by atoms with Crippen LogP contribution in [0.1, 0.15) is 26.7 Å². The Morgan fingerprint density at radius 2 is 2.24 bits per heavy atom. The highest BCUT2D eigenvalue weighted by Crippen LogP contribution is 2.30. The lowest BCUT2D eigenvalue weighted by molar-refractivity contribution is -0.114. The van der Waals surface area contributed by atoms with E-state index in [1.54, 1.807) is 0 Å². The summed E-state index contributed by atoms with van der Waals surface area (Å²) in [6.07, 6.45) is 1.54. The number of hydrogen-bond acceptors (Lipinski definition) is 7. The number of rotatable bonds is 4. The maximum atomic E-state index is 12.6. The molecule has 0 aromatic carbocycles. The van der Waals surface area contributed by atoms with E-state index in [1.165, 1.54) is 11.2 Å². The normalized spacial score (nSPS) is 24.0. The Bertz CT molecular complexity index is 615. The van der Waals surface area contributed by atoms with Crippen LogP contribution in [0.2, 0.25) is 0 Å². The van der Waals surface area contributed by atoms with Crippen LogP contribution < -0.4 is 11.1 Å². The Hall–Kier alpha value is -1.10. The third-order valence-electron chi connectivity index (χ3n) is 3.41. The number of aromatic nitrogens is 2. The van der Waals surface area contributed by atoms with Gasteiger partial charge in [-0.2, -0.15) is 4.31 Å². The van der Waals surface area contributed by atoms with Crippen molar-refractivity contribution in [2.24, 2.45) is 11.7 Å². The van der Waals surface area contributed by atoms with Crippen LogP contribution in [0.5, 0.6) is 0 Å². The summed E-state index contributed by atoms with van der Waals surface area (Å²) in [6.45, 7) is 4.12. The number of carbonyl (C=O) groups is 1. The van der Waals surface area contributed by atoms with Crippen molar-refractivity contribution >= 4 is 32.4 Å². The van der Waals surface area contributed by atoms with E-state index in [0.717, 1.165) is 24.2 Å². The highest BCUT2D eigenvalue weighted by Gasteiger charge is 2.37. The van der Waals surface area contributed by atoms with Gasteiger partial charge in [-0.25, -0.2) is 8.42 Å². The van der Waals surface area contributed by atoms with Crippen molar-refractivity contribution in [3.8, 4) is 0 Å². The molecule has 2 rings (SSSR count). The fraction of sp³-hybridized carbons (Fsp3) is 0.727. The molecule has 1 amide bonds. The first-order valence-corrected chi connectivity index (χ1v) is 8.93. The van der Waals surface area contributed by atoms with Crippen LogP contribution >= 0.6 is 11.3 Å². The van der Waals surface area contributed by atoms with Crippen LogP contribution in [0.15, 0.2) is 4.34 Å². The van der Waals surface area contributed by atoms with Crippen LogP contribution in [0, 0.1) is 5.92 Å². The molecule has 10 heteroatoms. The first-order chi connectivity index (χ1) is 9.84. The van der Waals surface area contributed by atoms with Crippen molar-refractivity contribution in [1.82, 2.24) is 14.5 Å². The Balaban J connectivity index is 2.24. The second-order valence-electron chi connectivity index (χ2n) is 5.19. The number of nitrogens with zero attached hydrogens (tertiary/aromatic N) is 3. The van der Waals surface area contributed by atoms with Crippen molar-refractivity contribution in [3.05, 3.63) is 0 Å². The van der Waals surface area contributed by atoms with Crippen LogP contribution in [0.4, 0.5) is 5.13 Å². The first-order valence-electron chi connectivity index (χ1n) is 6.67. The third kappa shape index (κ3) is 3.57. The van der Waals surface area contributed by atoms with E-state index in [2.05, 4.69) is 22.4 Å². The minimum Gasteiger partial charge on any atom is -0.329 e. The van der Waals surface area contributed by atoms with E-state index in [-0.39, 0.29) is 28.0 Å². The minimum absolute atomic E-state index is 0.112. The molecule has 1 aromatic rings. The average molecular weight is 333 g/mol. The number of sulfonamides is 1. The molecule has 0 spiro atoms. The van der Waals surface area contributed by atoms with Crippen molar-refractivity contribution in [1.29, 1.82) is 0 Å². The van der Waals surface area contributed by atoms with E-state index in [9.17, 15) is 13.2 Å². The van der Waals surface area contributed by atoms with Gasteiger partial charge in [-0.05, 0) is 18.8 Å². The van der Waals surface area contributed by atoms with Gasteiger partial charge in [0.25, 0.3) is 10.0 Å². The zero-order chi connectivity index (χ0) is 15.6. The molecule has 1 aliphatic heterocycles. The molecule has 0 radical (unpaired) electrons. The molecule has 1 saturated heterocycles. The molecular weight excluding hydrogens is 314 g/mol. The Kier molecular flexibility index (Phi) is 4.91. The number of anilines is 1. The number of nitrogens with two attached hydrogens (primary N) is 1. The number of carbonyl (C=O) groups excluding carboxylic acids is 1. The van der Waals surface area contributed by atoms with Gasteiger partial charge in [0.15, 0.2) is 0 Å². The molecule has 1 aromatic heterocycles. The topological polar surface area (TPSA) is 118 Å². The number of amides is 1. The molecule has 118 valence electrons. The SMILES string of the molecule is CC(=O)Nc1nnc(S(=O)(=O)N2CCC(C)CC2CN)s1. The molecule has 2 unspecified atom stereocenters. The van der Waals surface area contributed by atoms with Crippen molar-refractivity contribution in [3.63, 3.8) is 0 Å².